The van der Waals surface area contributed by atoms with Crippen LogP contribution < -0.4 is 14.2 Å². The highest BCUT2D eigenvalue weighted by atomic mass is 32.2. The number of anilines is 1. The van der Waals surface area contributed by atoms with Crippen molar-refractivity contribution in [2.24, 2.45) is 0 Å². The zero-order valence-electron chi connectivity index (χ0n) is 12.9. The van der Waals surface area contributed by atoms with Crippen molar-refractivity contribution in [2.75, 3.05) is 18.9 Å². The van der Waals surface area contributed by atoms with Gasteiger partial charge in [0, 0.05) is 12.1 Å². The second kappa shape index (κ2) is 6.89. The summed E-state index contributed by atoms with van der Waals surface area (Å²) in [5.74, 6) is -2.83. The van der Waals surface area contributed by atoms with Gasteiger partial charge in [-0.05, 0) is 18.2 Å². The first kappa shape index (κ1) is 18.4. The number of nitro groups is 1. The van der Waals surface area contributed by atoms with Gasteiger partial charge in [-0.2, -0.15) is 4.39 Å². The van der Waals surface area contributed by atoms with Crippen LogP contribution >= 0.6 is 0 Å². The van der Waals surface area contributed by atoms with Crippen LogP contribution in [0.1, 0.15) is 0 Å². The first-order valence-corrected chi connectivity index (χ1v) is 8.06. The largest absolute Gasteiger partial charge is 0.493 e. The lowest BCUT2D eigenvalue weighted by Crippen LogP contribution is -2.14. The Balaban J connectivity index is 2.45. The van der Waals surface area contributed by atoms with E-state index in [2.05, 4.69) is 4.72 Å². The number of benzene rings is 2. The minimum absolute atomic E-state index is 0.0324. The van der Waals surface area contributed by atoms with Gasteiger partial charge in [0.05, 0.1) is 29.7 Å². The van der Waals surface area contributed by atoms with Gasteiger partial charge in [0.15, 0.2) is 17.3 Å². The number of halogens is 2. The summed E-state index contributed by atoms with van der Waals surface area (Å²) in [6.45, 7) is 0. The van der Waals surface area contributed by atoms with Crippen LogP contribution in [0.2, 0.25) is 0 Å². The summed E-state index contributed by atoms with van der Waals surface area (Å²) in [6.07, 6.45) is 0. The minimum atomic E-state index is -4.41. The summed E-state index contributed by atoms with van der Waals surface area (Å²) in [4.78, 5) is 8.71. The molecule has 0 atom stereocenters. The number of ether oxygens (including phenoxy) is 2. The maximum atomic E-state index is 13.5. The van der Waals surface area contributed by atoms with Crippen molar-refractivity contribution >= 4 is 21.4 Å². The molecule has 0 amide bonds. The van der Waals surface area contributed by atoms with E-state index in [0.29, 0.717) is 17.9 Å². The van der Waals surface area contributed by atoms with Gasteiger partial charge in [0.1, 0.15) is 0 Å². The van der Waals surface area contributed by atoms with E-state index in [1.54, 1.807) is 0 Å². The molecule has 0 aliphatic carbocycles. The predicted octanol–water partition coefficient (Wildman–Crippen LogP) is 2.69. The molecular formula is C14H12F2N2O6S. The molecule has 0 aliphatic heterocycles. The zero-order valence-corrected chi connectivity index (χ0v) is 13.8. The quantitative estimate of drug-likeness (QED) is 0.615. The van der Waals surface area contributed by atoms with Gasteiger partial charge in [0.25, 0.3) is 10.0 Å². The van der Waals surface area contributed by atoms with Crippen molar-refractivity contribution in [1.29, 1.82) is 0 Å². The summed E-state index contributed by atoms with van der Waals surface area (Å²) in [6, 6.07) is 4.84. The van der Waals surface area contributed by atoms with E-state index in [4.69, 9.17) is 9.47 Å². The summed E-state index contributed by atoms with van der Waals surface area (Å²) in [7, 11) is -1.68. The Morgan fingerprint density at radius 2 is 1.72 bits per heavy atom. The van der Waals surface area contributed by atoms with Crippen molar-refractivity contribution < 1.29 is 31.6 Å². The molecule has 134 valence electrons. The molecule has 8 nitrogen and oxygen atoms in total. The summed E-state index contributed by atoms with van der Waals surface area (Å²) >= 11 is 0. The van der Waals surface area contributed by atoms with Gasteiger partial charge in [-0.25, -0.2) is 12.8 Å². The van der Waals surface area contributed by atoms with Crippen molar-refractivity contribution in [2.45, 2.75) is 4.90 Å². The average Bonchev–Trinajstić information content (AvgIpc) is 2.56. The molecule has 0 saturated heterocycles. The van der Waals surface area contributed by atoms with Gasteiger partial charge < -0.3 is 9.47 Å². The lowest BCUT2D eigenvalue weighted by atomic mass is 10.3. The zero-order chi connectivity index (χ0) is 18.8. The van der Waals surface area contributed by atoms with E-state index < -0.39 is 37.2 Å². The number of hydrogen-bond donors (Lipinski definition) is 1. The maximum absolute atomic E-state index is 13.5. The van der Waals surface area contributed by atoms with Crippen molar-refractivity contribution in [3.8, 4) is 11.5 Å². The highest BCUT2D eigenvalue weighted by Crippen LogP contribution is 2.31. The van der Waals surface area contributed by atoms with E-state index >= 15 is 0 Å². The van der Waals surface area contributed by atoms with Gasteiger partial charge in [-0.1, -0.05) is 0 Å². The highest BCUT2D eigenvalue weighted by molar-refractivity contribution is 7.92. The normalized spacial score (nSPS) is 11.0. The van der Waals surface area contributed by atoms with Crippen molar-refractivity contribution in [1.82, 2.24) is 0 Å². The molecule has 2 aromatic carbocycles. The number of nitrogens with zero attached hydrogens (tertiary/aromatic N) is 1. The van der Waals surface area contributed by atoms with Crippen LogP contribution in [0.15, 0.2) is 35.2 Å². The number of methoxy groups -OCH3 is 2. The third kappa shape index (κ3) is 3.76. The van der Waals surface area contributed by atoms with Gasteiger partial charge in [-0.3, -0.25) is 14.8 Å². The average molecular weight is 374 g/mol. The summed E-state index contributed by atoms with van der Waals surface area (Å²) in [5, 5.41) is 10.7. The highest BCUT2D eigenvalue weighted by Gasteiger charge is 2.26. The van der Waals surface area contributed by atoms with E-state index in [9.17, 15) is 27.3 Å². The molecule has 0 radical (unpaired) electrons. The van der Waals surface area contributed by atoms with Gasteiger partial charge >= 0.3 is 5.69 Å². The molecule has 0 unspecified atom stereocenters. The molecule has 25 heavy (non-hydrogen) atoms. The third-order valence-corrected chi connectivity index (χ3v) is 4.49. The molecule has 0 aromatic heterocycles. The van der Waals surface area contributed by atoms with Gasteiger partial charge in [-0.15, -0.1) is 0 Å². The minimum Gasteiger partial charge on any atom is -0.493 e. The number of sulfonamides is 1. The van der Waals surface area contributed by atoms with Crippen LogP contribution in [0.25, 0.3) is 0 Å². The Morgan fingerprint density at radius 1 is 1.08 bits per heavy atom. The van der Waals surface area contributed by atoms with E-state index in [1.807, 2.05) is 0 Å². The number of hydrogen-bond acceptors (Lipinski definition) is 6. The molecule has 0 heterocycles. The fourth-order valence-corrected chi connectivity index (χ4v) is 3.03. The van der Waals surface area contributed by atoms with Crippen LogP contribution in [-0.4, -0.2) is 27.6 Å². The van der Waals surface area contributed by atoms with Crippen molar-refractivity contribution in [3.05, 3.63) is 52.1 Å². The Kier molecular flexibility index (Phi) is 5.07. The molecule has 0 saturated carbocycles. The molecule has 0 aliphatic rings. The van der Waals surface area contributed by atoms with Crippen LogP contribution in [-0.2, 0) is 10.0 Å². The number of rotatable bonds is 6. The standard InChI is InChI=1S/C14H12F2N2O6S/c1-23-12-4-3-8(5-13(12)24-2)17-25(21,22)9-6-10(15)14(16)11(7-9)18(19)20/h3-7,17H,1-2H3. The second-order valence-corrected chi connectivity index (χ2v) is 6.35. The predicted molar refractivity (Wildman–Crippen MR) is 83.4 cm³/mol. The van der Waals surface area contributed by atoms with Gasteiger partial charge in [0.2, 0.25) is 5.82 Å². The smallest absolute Gasteiger partial charge is 0.309 e. The van der Waals surface area contributed by atoms with Crippen LogP contribution in [0.5, 0.6) is 11.5 Å². The SMILES string of the molecule is COc1ccc(NS(=O)(=O)c2cc(F)c(F)c([N+](=O)[O-])c2)cc1OC. The van der Waals surface area contributed by atoms with Crippen molar-refractivity contribution in [3.63, 3.8) is 0 Å². The van der Waals surface area contributed by atoms with E-state index in [1.165, 1.54) is 32.4 Å². The van der Waals surface area contributed by atoms with E-state index in [0.717, 1.165) is 0 Å². The Bertz CT molecular complexity index is 933. The topological polar surface area (TPSA) is 108 Å². The van der Waals surface area contributed by atoms with Crippen LogP contribution in [0.3, 0.4) is 0 Å². The second-order valence-electron chi connectivity index (χ2n) is 4.67. The molecule has 0 spiro atoms. The molecule has 2 rings (SSSR count). The molecule has 1 N–H and O–H groups in total. The molecule has 11 heteroatoms. The Morgan fingerprint density at radius 3 is 2.28 bits per heavy atom. The molecule has 0 fully saturated rings. The molecular weight excluding hydrogens is 362 g/mol. The third-order valence-electron chi connectivity index (χ3n) is 3.13. The fourth-order valence-electron chi connectivity index (χ4n) is 1.95. The van der Waals surface area contributed by atoms with Crippen LogP contribution in [0.4, 0.5) is 20.2 Å². The number of nitro benzene ring substituents is 1. The van der Waals surface area contributed by atoms with E-state index in [-0.39, 0.29) is 11.4 Å². The summed E-state index contributed by atoms with van der Waals surface area (Å²) in [5.41, 5.74) is -1.25. The lowest BCUT2D eigenvalue weighted by molar-refractivity contribution is -0.388. The molecule has 2 aromatic rings. The Hall–Kier alpha value is -2.95. The first-order valence-electron chi connectivity index (χ1n) is 6.58. The maximum Gasteiger partial charge on any atom is 0.309 e. The van der Waals surface area contributed by atoms with Crippen LogP contribution in [0, 0.1) is 21.7 Å². The monoisotopic (exact) mass is 374 g/mol. The lowest BCUT2D eigenvalue weighted by Gasteiger charge is -2.12. The Labute approximate surface area is 141 Å². The first-order chi connectivity index (χ1) is 11.7. The molecule has 0 bridgehead atoms. The number of nitrogens with one attached hydrogen (secondary N) is 1. The fraction of sp³-hybridized carbons (Fsp3) is 0.143. The summed E-state index contributed by atoms with van der Waals surface area (Å²) < 4.78 is 63.6.